The molecule has 1 aliphatic heterocycles. The van der Waals surface area contributed by atoms with E-state index >= 15 is 0 Å². The smallest absolute Gasteiger partial charge is 0.191 e. The van der Waals surface area contributed by atoms with Crippen LogP contribution in [0.3, 0.4) is 0 Å². The predicted molar refractivity (Wildman–Crippen MR) is 129 cm³/mol. The molecule has 160 valence electrons. The molecule has 0 unspecified atom stereocenters. The molecule has 0 radical (unpaired) electrons. The zero-order chi connectivity index (χ0) is 19.5. The van der Waals surface area contributed by atoms with Crippen molar-refractivity contribution in [3.05, 3.63) is 29.3 Å². The molecule has 0 atom stereocenters. The third-order valence-corrected chi connectivity index (χ3v) is 4.95. The van der Waals surface area contributed by atoms with Gasteiger partial charge in [-0.05, 0) is 65.0 Å². The van der Waals surface area contributed by atoms with E-state index in [9.17, 15) is 0 Å². The minimum absolute atomic E-state index is 0. The number of nitrogens with one attached hydrogen (secondary N) is 2. The SMILES string of the molecule is CCNC(=NCc1ccc(C)cc1OC)NCCCN1CCCN(C)CC1.I. The monoisotopic (exact) mass is 503 g/mol. The van der Waals surface area contributed by atoms with E-state index in [0.29, 0.717) is 6.54 Å². The number of hydrogen-bond donors (Lipinski definition) is 2. The maximum Gasteiger partial charge on any atom is 0.191 e. The summed E-state index contributed by atoms with van der Waals surface area (Å²) in [5.41, 5.74) is 2.30. The maximum atomic E-state index is 5.48. The molecule has 0 aromatic heterocycles. The number of guanidine groups is 1. The van der Waals surface area contributed by atoms with E-state index in [1.54, 1.807) is 7.11 Å². The molecule has 2 N–H and O–H groups in total. The van der Waals surface area contributed by atoms with E-state index in [1.165, 1.54) is 38.2 Å². The van der Waals surface area contributed by atoms with Crippen LogP contribution in [0.25, 0.3) is 0 Å². The van der Waals surface area contributed by atoms with E-state index < -0.39 is 0 Å². The van der Waals surface area contributed by atoms with Gasteiger partial charge in [0.15, 0.2) is 5.96 Å². The van der Waals surface area contributed by atoms with Crippen LogP contribution in [0.1, 0.15) is 30.9 Å². The summed E-state index contributed by atoms with van der Waals surface area (Å²) in [4.78, 5) is 9.73. The van der Waals surface area contributed by atoms with Gasteiger partial charge in [-0.15, -0.1) is 24.0 Å². The Morgan fingerprint density at radius 3 is 2.75 bits per heavy atom. The van der Waals surface area contributed by atoms with Gasteiger partial charge in [0.05, 0.1) is 13.7 Å². The number of hydrogen-bond acceptors (Lipinski definition) is 4. The van der Waals surface area contributed by atoms with Crippen LogP contribution in [0.5, 0.6) is 5.75 Å². The second-order valence-corrected chi connectivity index (χ2v) is 7.29. The summed E-state index contributed by atoms with van der Waals surface area (Å²) < 4.78 is 5.48. The van der Waals surface area contributed by atoms with Crippen LogP contribution in [-0.4, -0.2) is 75.7 Å². The highest BCUT2D eigenvalue weighted by molar-refractivity contribution is 14.0. The van der Waals surface area contributed by atoms with Gasteiger partial charge in [0.1, 0.15) is 5.75 Å². The van der Waals surface area contributed by atoms with Gasteiger partial charge in [-0.1, -0.05) is 12.1 Å². The summed E-state index contributed by atoms with van der Waals surface area (Å²) in [5.74, 6) is 1.77. The molecule has 0 spiro atoms. The Morgan fingerprint density at radius 2 is 2.00 bits per heavy atom. The van der Waals surface area contributed by atoms with E-state index in [2.05, 4.69) is 59.5 Å². The molecular weight excluding hydrogens is 465 g/mol. The Labute approximate surface area is 188 Å². The molecule has 1 aromatic rings. The summed E-state index contributed by atoms with van der Waals surface area (Å²) in [5, 5.41) is 6.80. The highest BCUT2D eigenvalue weighted by Gasteiger charge is 2.11. The molecule has 1 saturated heterocycles. The van der Waals surface area contributed by atoms with Crippen molar-refractivity contribution >= 4 is 29.9 Å². The first-order valence-corrected chi connectivity index (χ1v) is 10.2. The van der Waals surface area contributed by atoms with Crippen molar-refractivity contribution < 1.29 is 4.74 Å². The number of halogens is 1. The number of likely N-dealkylation sites (N-methyl/N-ethyl adjacent to an activating group) is 1. The van der Waals surface area contributed by atoms with Crippen molar-refractivity contribution in [3.8, 4) is 5.75 Å². The first-order chi connectivity index (χ1) is 13.1. The second-order valence-electron chi connectivity index (χ2n) is 7.29. The number of benzene rings is 1. The van der Waals surface area contributed by atoms with Crippen molar-refractivity contribution in [2.45, 2.75) is 33.2 Å². The van der Waals surface area contributed by atoms with Crippen molar-refractivity contribution in [2.24, 2.45) is 4.99 Å². The number of nitrogens with zero attached hydrogens (tertiary/aromatic N) is 3. The van der Waals surface area contributed by atoms with Crippen LogP contribution in [0.15, 0.2) is 23.2 Å². The van der Waals surface area contributed by atoms with Gasteiger partial charge in [0.2, 0.25) is 0 Å². The Hall–Kier alpha value is -1.06. The van der Waals surface area contributed by atoms with Crippen LogP contribution in [0, 0.1) is 6.92 Å². The highest BCUT2D eigenvalue weighted by Crippen LogP contribution is 2.20. The summed E-state index contributed by atoms with van der Waals surface area (Å²) in [6.07, 6.45) is 2.40. The zero-order valence-corrected chi connectivity index (χ0v) is 20.3. The third kappa shape index (κ3) is 8.96. The molecule has 0 aliphatic carbocycles. The van der Waals surface area contributed by atoms with Gasteiger partial charge in [-0.2, -0.15) is 0 Å². The fourth-order valence-corrected chi connectivity index (χ4v) is 3.32. The van der Waals surface area contributed by atoms with Crippen molar-refractivity contribution in [3.63, 3.8) is 0 Å². The molecule has 1 heterocycles. The van der Waals surface area contributed by atoms with Gasteiger partial charge >= 0.3 is 0 Å². The first kappa shape index (κ1) is 25.0. The van der Waals surface area contributed by atoms with Crippen molar-refractivity contribution in [2.75, 3.05) is 60.0 Å². The Bertz CT molecular complexity index is 596. The standard InChI is InChI=1S/C21H37N5O.HI/c1-5-22-21(24-17-19-9-8-18(2)16-20(19)27-4)23-10-6-12-26-13-7-11-25(3)14-15-26;/h8-9,16H,5-7,10-15,17H2,1-4H3,(H2,22,23,24);1H. The van der Waals surface area contributed by atoms with Gasteiger partial charge in [0, 0.05) is 31.7 Å². The average molecular weight is 503 g/mol. The molecular formula is C21H38IN5O. The Kier molecular flexibility index (Phi) is 12.5. The van der Waals surface area contributed by atoms with Crippen LogP contribution >= 0.6 is 24.0 Å². The van der Waals surface area contributed by atoms with Gasteiger partial charge in [-0.25, -0.2) is 4.99 Å². The van der Waals surface area contributed by atoms with Crippen LogP contribution in [0.2, 0.25) is 0 Å². The molecule has 1 aromatic carbocycles. The minimum Gasteiger partial charge on any atom is -0.496 e. The fourth-order valence-electron chi connectivity index (χ4n) is 3.32. The average Bonchev–Trinajstić information content (AvgIpc) is 2.88. The number of rotatable bonds is 8. The summed E-state index contributed by atoms with van der Waals surface area (Å²) in [6.45, 7) is 12.5. The van der Waals surface area contributed by atoms with Gasteiger partial charge in [-0.3, -0.25) is 0 Å². The van der Waals surface area contributed by atoms with Gasteiger partial charge < -0.3 is 25.2 Å². The van der Waals surface area contributed by atoms with E-state index in [1.807, 2.05) is 0 Å². The maximum absolute atomic E-state index is 5.48. The van der Waals surface area contributed by atoms with E-state index in [0.717, 1.165) is 43.3 Å². The van der Waals surface area contributed by atoms with Crippen LogP contribution in [-0.2, 0) is 6.54 Å². The number of aryl methyl sites for hydroxylation is 1. The fraction of sp³-hybridized carbons (Fsp3) is 0.667. The molecule has 0 saturated carbocycles. The summed E-state index contributed by atoms with van der Waals surface area (Å²) in [7, 11) is 3.93. The third-order valence-electron chi connectivity index (χ3n) is 4.95. The van der Waals surface area contributed by atoms with Gasteiger partial charge in [0.25, 0.3) is 0 Å². The van der Waals surface area contributed by atoms with E-state index in [4.69, 9.17) is 9.73 Å². The summed E-state index contributed by atoms with van der Waals surface area (Å²) >= 11 is 0. The van der Waals surface area contributed by atoms with Crippen LogP contribution in [0.4, 0.5) is 0 Å². The lowest BCUT2D eigenvalue weighted by atomic mass is 10.1. The minimum atomic E-state index is 0. The second kappa shape index (κ2) is 14.0. The lowest BCUT2D eigenvalue weighted by molar-refractivity contribution is 0.274. The van der Waals surface area contributed by atoms with Crippen molar-refractivity contribution in [1.29, 1.82) is 0 Å². The quantitative estimate of drug-likeness (QED) is 0.247. The lowest BCUT2D eigenvalue weighted by Gasteiger charge is -2.20. The Morgan fingerprint density at radius 1 is 1.18 bits per heavy atom. The molecule has 2 rings (SSSR count). The van der Waals surface area contributed by atoms with Crippen LogP contribution < -0.4 is 15.4 Å². The largest absolute Gasteiger partial charge is 0.496 e. The number of aliphatic imine (C=N–C) groups is 1. The highest BCUT2D eigenvalue weighted by atomic mass is 127. The number of methoxy groups -OCH3 is 1. The molecule has 1 aliphatic rings. The zero-order valence-electron chi connectivity index (χ0n) is 18.0. The Balaban J connectivity index is 0.00000392. The summed E-state index contributed by atoms with van der Waals surface area (Å²) in [6, 6.07) is 6.26. The normalized spacial score (nSPS) is 16.2. The molecule has 1 fully saturated rings. The first-order valence-electron chi connectivity index (χ1n) is 10.2. The lowest BCUT2D eigenvalue weighted by Crippen LogP contribution is -2.39. The predicted octanol–water partition coefficient (Wildman–Crippen LogP) is 2.70. The molecule has 28 heavy (non-hydrogen) atoms. The molecule has 6 nitrogen and oxygen atoms in total. The topological polar surface area (TPSA) is 52.1 Å². The molecule has 7 heteroatoms. The molecule has 0 amide bonds. The number of ether oxygens (including phenoxy) is 1. The van der Waals surface area contributed by atoms with Crippen molar-refractivity contribution in [1.82, 2.24) is 20.4 Å². The van der Waals surface area contributed by atoms with E-state index in [-0.39, 0.29) is 24.0 Å². The molecule has 0 bridgehead atoms.